The summed E-state index contributed by atoms with van der Waals surface area (Å²) in [7, 11) is 3.72. The first-order chi connectivity index (χ1) is 8.58. The number of nitrogens with one attached hydrogen (secondary N) is 1. The Morgan fingerprint density at radius 1 is 1.28 bits per heavy atom. The summed E-state index contributed by atoms with van der Waals surface area (Å²) in [6, 6.07) is 7.62. The molecule has 0 aliphatic rings. The van der Waals surface area contributed by atoms with Crippen LogP contribution in [0.4, 0.5) is 10.7 Å². The summed E-state index contributed by atoms with van der Waals surface area (Å²) in [5.74, 6) is -0.240. The Hall–Kier alpha value is -1.95. The van der Waals surface area contributed by atoms with E-state index >= 15 is 0 Å². The van der Waals surface area contributed by atoms with Gasteiger partial charge in [0.2, 0.25) is 0 Å². The maximum Gasteiger partial charge on any atom is 0.279 e. The topological polar surface area (TPSA) is 58.1 Å². The van der Waals surface area contributed by atoms with Crippen LogP contribution in [0.2, 0.25) is 0 Å². The molecule has 1 N–H and O–H groups in total. The summed E-state index contributed by atoms with van der Waals surface area (Å²) in [5.41, 5.74) is 2.26. The number of anilines is 2. The SMILES string of the molecule is Cc1ccc(NC(=O)c2nnsc2N(C)C)cc1. The Morgan fingerprint density at radius 2 is 1.94 bits per heavy atom. The molecule has 1 aromatic heterocycles. The van der Waals surface area contributed by atoms with Crippen LogP contribution in [0.15, 0.2) is 24.3 Å². The van der Waals surface area contributed by atoms with E-state index in [4.69, 9.17) is 0 Å². The molecule has 0 spiro atoms. The van der Waals surface area contributed by atoms with Gasteiger partial charge in [0.25, 0.3) is 5.91 Å². The Bertz CT molecular complexity index is 547. The van der Waals surface area contributed by atoms with Gasteiger partial charge in [-0.1, -0.05) is 22.2 Å². The third-order valence-electron chi connectivity index (χ3n) is 2.40. The fourth-order valence-corrected chi connectivity index (χ4v) is 2.03. The molecular weight excluding hydrogens is 248 g/mol. The van der Waals surface area contributed by atoms with Gasteiger partial charge < -0.3 is 10.2 Å². The number of carbonyl (C=O) groups excluding carboxylic acids is 1. The molecule has 0 saturated heterocycles. The fraction of sp³-hybridized carbons (Fsp3) is 0.250. The monoisotopic (exact) mass is 262 g/mol. The van der Waals surface area contributed by atoms with E-state index in [1.807, 2.05) is 50.2 Å². The van der Waals surface area contributed by atoms with Crippen LogP contribution in [0, 0.1) is 6.92 Å². The molecule has 0 bridgehead atoms. The molecule has 5 nitrogen and oxygen atoms in total. The van der Waals surface area contributed by atoms with Gasteiger partial charge >= 0.3 is 0 Å². The second-order valence-electron chi connectivity index (χ2n) is 4.14. The Balaban J connectivity index is 2.17. The van der Waals surface area contributed by atoms with Crippen molar-refractivity contribution >= 4 is 28.1 Å². The molecule has 94 valence electrons. The number of benzene rings is 1. The lowest BCUT2D eigenvalue weighted by atomic mass is 10.2. The maximum atomic E-state index is 12.1. The highest BCUT2D eigenvalue weighted by Crippen LogP contribution is 2.21. The third-order valence-corrected chi connectivity index (χ3v) is 3.30. The molecule has 0 saturated carbocycles. The Morgan fingerprint density at radius 3 is 2.56 bits per heavy atom. The van der Waals surface area contributed by atoms with Crippen molar-refractivity contribution in [1.29, 1.82) is 0 Å². The van der Waals surface area contributed by atoms with Gasteiger partial charge in [-0.15, -0.1) is 5.10 Å². The third kappa shape index (κ3) is 2.65. The second kappa shape index (κ2) is 5.14. The van der Waals surface area contributed by atoms with Gasteiger partial charge in [-0.3, -0.25) is 4.79 Å². The zero-order valence-corrected chi connectivity index (χ0v) is 11.3. The first-order valence-corrected chi connectivity index (χ1v) is 6.23. The lowest BCUT2D eigenvalue weighted by Gasteiger charge is -2.10. The summed E-state index contributed by atoms with van der Waals surface area (Å²) in [6.07, 6.45) is 0. The number of nitrogens with zero attached hydrogens (tertiary/aromatic N) is 3. The minimum atomic E-state index is -0.240. The molecule has 6 heteroatoms. The van der Waals surface area contributed by atoms with Crippen molar-refractivity contribution < 1.29 is 4.79 Å². The van der Waals surface area contributed by atoms with Crippen LogP contribution in [0.1, 0.15) is 16.1 Å². The van der Waals surface area contributed by atoms with Gasteiger partial charge in [-0.25, -0.2) is 0 Å². The maximum absolute atomic E-state index is 12.1. The van der Waals surface area contributed by atoms with Crippen LogP contribution >= 0.6 is 11.5 Å². The zero-order chi connectivity index (χ0) is 13.1. The molecule has 1 aromatic carbocycles. The van der Waals surface area contributed by atoms with Gasteiger partial charge in [0, 0.05) is 31.3 Å². The number of aromatic nitrogens is 2. The number of aryl methyl sites for hydroxylation is 1. The highest BCUT2D eigenvalue weighted by molar-refractivity contribution is 7.10. The van der Waals surface area contributed by atoms with E-state index in [1.54, 1.807) is 0 Å². The lowest BCUT2D eigenvalue weighted by Crippen LogP contribution is -2.17. The van der Waals surface area contributed by atoms with E-state index < -0.39 is 0 Å². The van der Waals surface area contributed by atoms with E-state index in [0.29, 0.717) is 5.69 Å². The minimum absolute atomic E-state index is 0.240. The van der Waals surface area contributed by atoms with Crippen LogP contribution in [-0.2, 0) is 0 Å². The minimum Gasteiger partial charge on any atom is -0.366 e. The van der Waals surface area contributed by atoms with Crippen molar-refractivity contribution in [2.45, 2.75) is 6.92 Å². The Kier molecular flexibility index (Phi) is 3.57. The smallest absolute Gasteiger partial charge is 0.279 e. The van der Waals surface area contributed by atoms with Crippen molar-refractivity contribution in [2.24, 2.45) is 0 Å². The average Bonchev–Trinajstić information content (AvgIpc) is 2.81. The van der Waals surface area contributed by atoms with Crippen LogP contribution in [0.3, 0.4) is 0 Å². The van der Waals surface area contributed by atoms with Gasteiger partial charge in [-0.2, -0.15) is 0 Å². The second-order valence-corrected chi connectivity index (χ2v) is 4.87. The summed E-state index contributed by atoms with van der Waals surface area (Å²) in [6.45, 7) is 2.00. The largest absolute Gasteiger partial charge is 0.366 e. The first kappa shape index (κ1) is 12.5. The molecule has 0 fully saturated rings. The highest BCUT2D eigenvalue weighted by atomic mass is 32.1. The molecule has 18 heavy (non-hydrogen) atoms. The molecule has 1 heterocycles. The molecule has 2 rings (SSSR count). The fourth-order valence-electron chi connectivity index (χ4n) is 1.45. The zero-order valence-electron chi connectivity index (χ0n) is 10.5. The summed E-state index contributed by atoms with van der Waals surface area (Å²) < 4.78 is 3.81. The molecule has 1 amide bonds. The first-order valence-electron chi connectivity index (χ1n) is 5.45. The molecule has 2 aromatic rings. The molecule has 0 aliphatic heterocycles. The molecule has 0 radical (unpaired) electrons. The highest BCUT2D eigenvalue weighted by Gasteiger charge is 2.17. The van der Waals surface area contributed by atoms with Crippen molar-refractivity contribution in [3.63, 3.8) is 0 Å². The predicted molar refractivity (Wildman–Crippen MR) is 73.4 cm³/mol. The van der Waals surface area contributed by atoms with Crippen LogP contribution < -0.4 is 10.2 Å². The number of amides is 1. The van der Waals surface area contributed by atoms with Crippen molar-refractivity contribution in [2.75, 3.05) is 24.3 Å². The standard InChI is InChI=1S/C12H14N4OS/c1-8-4-6-9(7-5-8)13-11(17)10-12(16(2)3)18-15-14-10/h4-7H,1-3H3,(H,13,17). The molecule has 0 aliphatic carbocycles. The van der Waals surface area contributed by atoms with Crippen LogP contribution in [0.25, 0.3) is 0 Å². The van der Waals surface area contributed by atoms with Crippen molar-refractivity contribution in [1.82, 2.24) is 9.59 Å². The Labute approximate surface area is 110 Å². The predicted octanol–water partition coefficient (Wildman–Crippen LogP) is 2.16. The molecular formula is C12H14N4OS. The van der Waals surface area contributed by atoms with E-state index in [1.165, 1.54) is 11.5 Å². The number of hydrogen-bond acceptors (Lipinski definition) is 5. The summed E-state index contributed by atoms with van der Waals surface area (Å²) in [4.78, 5) is 13.9. The average molecular weight is 262 g/mol. The van der Waals surface area contributed by atoms with Crippen LogP contribution in [0.5, 0.6) is 0 Å². The van der Waals surface area contributed by atoms with Gasteiger partial charge in [0.05, 0.1) is 0 Å². The van der Waals surface area contributed by atoms with Gasteiger partial charge in [0.1, 0.15) is 5.00 Å². The van der Waals surface area contributed by atoms with Gasteiger partial charge in [-0.05, 0) is 19.1 Å². The van der Waals surface area contributed by atoms with E-state index in [9.17, 15) is 4.79 Å². The van der Waals surface area contributed by atoms with E-state index in [-0.39, 0.29) is 5.91 Å². The molecule has 0 atom stereocenters. The summed E-state index contributed by atoms with van der Waals surface area (Å²) in [5, 5.41) is 7.42. The van der Waals surface area contributed by atoms with Crippen molar-refractivity contribution in [3.8, 4) is 0 Å². The molecule has 0 unspecified atom stereocenters. The quantitative estimate of drug-likeness (QED) is 0.921. The lowest BCUT2D eigenvalue weighted by molar-refractivity contribution is 0.102. The number of rotatable bonds is 3. The van der Waals surface area contributed by atoms with Crippen molar-refractivity contribution in [3.05, 3.63) is 35.5 Å². The van der Waals surface area contributed by atoms with Crippen LogP contribution in [-0.4, -0.2) is 29.6 Å². The van der Waals surface area contributed by atoms with E-state index in [2.05, 4.69) is 14.9 Å². The normalized spacial score (nSPS) is 10.2. The van der Waals surface area contributed by atoms with E-state index in [0.717, 1.165) is 16.3 Å². The number of hydrogen-bond donors (Lipinski definition) is 1. The number of carbonyl (C=O) groups is 1. The van der Waals surface area contributed by atoms with Gasteiger partial charge in [0.15, 0.2) is 5.69 Å². The summed E-state index contributed by atoms with van der Waals surface area (Å²) >= 11 is 1.20.